The van der Waals surface area contributed by atoms with Crippen LogP contribution in [0.15, 0.2) is 48.5 Å². The number of esters is 1. The van der Waals surface area contributed by atoms with Gasteiger partial charge in [-0.05, 0) is 24.3 Å². The number of ether oxygens (including phenoxy) is 2. The normalized spacial score (nSPS) is 10.2. The van der Waals surface area contributed by atoms with Crippen LogP contribution < -0.4 is 15.8 Å². The molecule has 0 bridgehead atoms. The molecule has 1 heterocycles. The lowest BCUT2D eigenvalue weighted by Gasteiger charge is -2.08. The topological polar surface area (TPSA) is 155 Å². The summed E-state index contributed by atoms with van der Waals surface area (Å²) in [5.74, 6) is -0.493. The van der Waals surface area contributed by atoms with Crippen LogP contribution in [-0.4, -0.2) is 33.0 Å². The van der Waals surface area contributed by atoms with Crippen molar-refractivity contribution in [2.75, 3.05) is 18.2 Å². The van der Waals surface area contributed by atoms with E-state index < -0.39 is 10.9 Å². The van der Waals surface area contributed by atoms with Crippen LogP contribution >= 0.6 is 0 Å². The Morgan fingerprint density at radius 3 is 2.62 bits per heavy atom. The van der Waals surface area contributed by atoms with E-state index in [1.54, 1.807) is 0 Å². The molecule has 0 unspecified atom stereocenters. The average molecular weight is 396 g/mol. The molecule has 0 radical (unpaired) electrons. The van der Waals surface area contributed by atoms with Crippen LogP contribution in [-0.2, 0) is 11.3 Å². The van der Waals surface area contributed by atoms with Crippen molar-refractivity contribution < 1.29 is 19.2 Å². The van der Waals surface area contributed by atoms with E-state index in [9.17, 15) is 14.9 Å². The van der Waals surface area contributed by atoms with Crippen molar-refractivity contribution in [2.24, 2.45) is 0 Å². The summed E-state index contributed by atoms with van der Waals surface area (Å²) in [4.78, 5) is 34.7. The number of carbonyl (C=O) groups is 1. The van der Waals surface area contributed by atoms with E-state index >= 15 is 0 Å². The first-order valence-electron chi connectivity index (χ1n) is 8.28. The van der Waals surface area contributed by atoms with E-state index in [0.717, 1.165) is 11.8 Å². The molecule has 11 nitrogen and oxygen atoms in total. The number of nitrogens with zero attached hydrogens (tertiary/aromatic N) is 4. The maximum atomic E-state index is 12.2. The third-order valence-electron chi connectivity index (χ3n) is 3.67. The van der Waals surface area contributed by atoms with Crippen molar-refractivity contribution in [3.63, 3.8) is 0 Å². The number of nitro groups is 1. The fraction of sp³-hybridized carbons (Fsp3) is 0.111. The highest BCUT2D eigenvalue weighted by Crippen LogP contribution is 2.27. The Labute approximate surface area is 164 Å². The minimum atomic E-state index is -0.785. The molecule has 0 spiro atoms. The van der Waals surface area contributed by atoms with Crippen LogP contribution in [0.1, 0.15) is 16.2 Å². The molecule has 0 amide bonds. The Kier molecular flexibility index (Phi) is 5.78. The molecule has 0 saturated carbocycles. The number of nitrogens with two attached hydrogens (primary N) is 1. The standard InChI is InChI=1S/C18H16N6O5/c1-28-14-8-7-11(9-13(14)24(26)27)16(25)29-10-15-21-17(19)23-18(22-15)20-12-5-3-2-4-6-12/h2-9H,10H2,1H3,(H3,19,20,21,22,23). The summed E-state index contributed by atoms with van der Waals surface area (Å²) in [7, 11) is 1.30. The van der Waals surface area contributed by atoms with Gasteiger partial charge in [-0.25, -0.2) is 4.79 Å². The first-order valence-corrected chi connectivity index (χ1v) is 8.28. The molecule has 29 heavy (non-hydrogen) atoms. The smallest absolute Gasteiger partial charge is 0.338 e. The number of anilines is 3. The Morgan fingerprint density at radius 2 is 1.93 bits per heavy atom. The van der Waals surface area contributed by atoms with Gasteiger partial charge in [-0.2, -0.15) is 15.0 Å². The maximum absolute atomic E-state index is 12.2. The van der Waals surface area contributed by atoms with Gasteiger partial charge in [-0.3, -0.25) is 10.1 Å². The van der Waals surface area contributed by atoms with Crippen molar-refractivity contribution in [3.8, 4) is 5.75 Å². The molecule has 3 rings (SSSR count). The van der Waals surface area contributed by atoms with E-state index in [2.05, 4.69) is 20.3 Å². The Morgan fingerprint density at radius 1 is 1.17 bits per heavy atom. The van der Waals surface area contributed by atoms with Crippen molar-refractivity contribution >= 4 is 29.2 Å². The summed E-state index contributed by atoms with van der Waals surface area (Å²) in [5, 5.41) is 14.1. The molecule has 0 fully saturated rings. The second-order valence-corrected chi connectivity index (χ2v) is 5.64. The summed E-state index contributed by atoms with van der Waals surface area (Å²) in [6.07, 6.45) is 0. The summed E-state index contributed by atoms with van der Waals surface area (Å²) in [6, 6.07) is 12.9. The summed E-state index contributed by atoms with van der Waals surface area (Å²) >= 11 is 0. The van der Waals surface area contributed by atoms with E-state index in [1.165, 1.54) is 19.2 Å². The highest BCUT2D eigenvalue weighted by molar-refractivity contribution is 5.90. The van der Waals surface area contributed by atoms with Gasteiger partial charge in [0.15, 0.2) is 18.2 Å². The lowest BCUT2D eigenvalue weighted by molar-refractivity contribution is -0.385. The number of nitro benzene ring substituents is 1. The molecule has 11 heteroatoms. The molecule has 0 aliphatic rings. The van der Waals surface area contributed by atoms with Crippen LogP contribution in [0.5, 0.6) is 5.75 Å². The third-order valence-corrected chi connectivity index (χ3v) is 3.67. The van der Waals surface area contributed by atoms with E-state index in [0.29, 0.717) is 0 Å². The quantitative estimate of drug-likeness (QED) is 0.345. The van der Waals surface area contributed by atoms with E-state index in [4.69, 9.17) is 15.2 Å². The number of carbonyl (C=O) groups excluding carboxylic acids is 1. The van der Waals surface area contributed by atoms with Crippen LogP contribution in [0.2, 0.25) is 0 Å². The first-order chi connectivity index (χ1) is 14.0. The molecule has 0 aliphatic heterocycles. The molecule has 148 valence electrons. The van der Waals surface area contributed by atoms with Gasteiger partial charge in [0.25, 0.3) is 0 Å². The molecule has 2 aromatic carbocycles. The zero-order valence-corrected chi connectivity index (χ0v) is 15.2. The Bertz CT molecular complexity index is 1040. The van der Waals surface area contributed by atoms with Gasteiger partial charge >= 0.3 is 11.7 Å². The lowest BCUT2D eigenvalue weighted by atomic mass is 10.2. The molecule has 0 atom stereocenters. The summed E-state index contributed by atoms with van der Waals surface area (Å²) in [6.45, 7) is -0.297. The fourth-order valence-electron chi connectivity index (χ4n) is 2.38. The highest BCUT2D eigenvalue weighted by atomic mass is 16.6. The Hall–Kier alpha value is -4.28. The minimum absolute atomic E-state index is 0.0119. The van der Waals surface area contributed by atoms with Gasteiger partial charge in [0.2, 0.25) is 11.9 Å². The van der Waals surface area contributed by atoms with Crippen LogP contribution in [0.3, 0.4) is 0 Å². The predicted molar refractivity (Wildman–Crippen MR) is 103 cm³/mol. The monoisotopic (exact) mass is 396 g/mol. The van der Waals surface area contributed by atoms with Crippen molar-refractivity contribution in [1.29, 1.82) is 0 Å². The zero-order chi connectivity index (χ0) is 20.8. The lowest BCUT2D eigenvalue weighted by Crippen LogP contribution is -2.11. The number of nitrogens with one attached hydrogen (secondary N) is 1. The maximum Gasteiger partial charge on any atom is 0.338 e. The van der Waals surface area contributed by atoms with Crippen molar-refractivity contribution in [1.82, 2.24) is 15.0 Å². The molecule has 3 N–H and O–H groups in total. The molecular formula is C18H16N6O5. The van der Waals surface area contributed by atoms with Crippen LogP contribution in [0.25, 0.3) is 0 Å². The number of para-hydroxylation sites is 1. The summed E-state index contributed by atoms with van der Waals surface area (Å²) in [5.41, 5.74) is 6.07. The molecule has 3 aromatic rings. The predicted octanol–water partition coefficient (Wildman–Crippen LogP) is 2.47. The van der Waals surface area contributed by atoms with Gasteiger partial charge in [-0.1, -0.05) is 18.2 Å². The SMILES string of the molecule is COc1ccc(C(=O)OCc2nc(N)nc(Nc3ccccc3)n2)cc1[N+](=O)[O-]. The number of methoxy groups -OCH3 is 1. The third kappa shape index (κ3) is 4.91. The number of aromatic nitrogens is 3. The van der Waals surface area contributed by atoms with Gasteiger partial charge in [0.05, 0.1) is 17.6 Å². The number of rotatable bonds is 7. The fourth-order valence-corrected chi connectivity index (χ4v) is 2.38. The molecule has 0 aliphatic carbocycles. The van der Waals surface area contributed by atoms with Gasteiger partial charge in [0, 0.05) is 11.8 Å². The number of hydrogen-bond acceptors (Lipinski definition) is 10. The molecule has 0 saturated heterocycles. The van der Waals surface area contributed by atoms with E-state index in [1.807, 2.05) is 30.3 Å². The van der Waals surface area contributed by atoms with Gasteiger partial charge < -0.3 is 20.5 Å². The first kappa shape index (κ1) is 19.5. The molecule has 1 aromatic heterocycles. The second-order valence-electron chi connectivity index (χ2n) is 5.64. The van der Waals surface area contributed by atoms with E-state index in [-0.39, 0.29) is 41.3 Å². The number of nitrogen functional groups attached to an aromatic ring is 1. The molecular weight excluding hydrogens is 380 g/mol. The van der Waals surface area contributed by atoms with Gasteiger partial charge in [-0.15, -0.1) is 0 Å². The number of hydrogen-bond donors (Lipinski definition) is 2. The average Bonchev–Trinajstić information content (AvgIpc) is 2.71. The van der Waals surface area contributed by atoms with Crippen LogP contribution in [0.4, 0.5) is 23.3 Å². The minimum Gasteiger partial charge on any atom is -0.490 e. The zero-order valence-electron chi connectivity index (χ0n) is 15.2. The van der Waals surface area contributed by atoms with Crippen molar-refractivity contribution in [3.05, 3.63) is 70.0 Å². The van der Waals surface area contributed by atoms with Crippen molar-refractivity contribution in [2.45, 2.75) is 6.61 Å². The highest BCUT2D eigenvalue weighted by Gasteiger charge is 2.19. The van der Waals surface area contributed by atoms with Gasteiger partial charge in [0.1, 0.15) is 0 Å². The van der Waals surface area contributed by atoms with Crippen LogP contribution in [0, 0.1) is 10.1 Å². The second kappa shape index (κ2) is 8.61. The number of benzene rings is 2. The largest absolute Gasteiger partial charge is 0.490 e. The summed E-state index contributed by atoms with van der Waals surface area (Å²) < 4.78 is 10.0. The Balaban J connectivity index is 1.72.